The molecule has 31 heavy (non-hydrogen) atoms. The van der Waals surface area contributed by atoms with Crippen LogP contribution in [-0.2, 0) is 9.53 Å². The van der Waals surface area contributed by atoms with Gasteiger partial charge in [0.2, 0.25) is 5.91 Å². The maximum Gasteiger partial charge on any atom is 0.341 e. The zero-order valence-electron chi connectivity index (χ0n) is 17.9. The lowest BCUT2D eigenvalue weighted by atomic mass is 10.0. The first-order chi connectivity index (χ1) is 14.9. The zero-order valence-corrected chi connectivity index (χ0v) is 18.7. The van der Waals surface area contributed by atoms with Crippen LogP contribution in [0.25, 0.3) is 11.1 Å². The van der Waals surface area contributed by atoms with Gasteiger partial charge in [-0.25, -0.2) is 4.79 Å². The second-order valence-corrected chi connectivity index (χ2v) is 8.39. The summed E-state index contributed by atoms with van der Waals surface area (Å²) in [6.07, 6.45) is 0.131. The highest BCUT2D eigenvalue weighted by atomic mass is 32.1. The van der Waals surface area contributed by atoms with Crippen molar-refractivity contribution in [2.24, 2.45) is 0 Å². The van der Waals surface area contributed by atoms with Crippen LogP contribution in [0.1, 0.15) is 50.9 Å². The molecule has 0 aliphatic rings. The number of nitrogens with one attached hydrogen (secondary N) is 1. The quantitative estimate of drug-likeness (QED) is 0.358. The number of amides is 1. The molecule has 2 aromatic carbocycles. The van der Waals surface area contributed by atoms with Crippen LogP contribution >= 0.6 is 11.3 Å². The van der Waals surface area contributed by atoms with E-state index < -0.39 is 5.97 Å². The van der Waals surface area contributed by atoms with Gasteiger partial charge < -0.3 is 10.1 Å². The van der Waals surface area contributed by atoms with Crippen molar-refractivity contribution in [2.75, 3.05) is 11.9 Å². The number of ketones is 1. The monoisotopic (exact) mass is 435 g/mol. The van der Waals surface area contributed by atoms with Crippen molar-refractivity contribution in [1.29, 1.82) is 0 Å². The Hall–Kier alpha value is -3.25. The van der Waals surface area contributed by atoms with E-state index >= 15 is 0 Å². The Bertz CT molecular complexity index is 1080. The number of carbonyl (C=O) groups excluding carboxylic acids is 3. The lowest BCUT2D eigenvalue weighted by Gasteiger charge is -2.09. The fourth-order valence-corrected chi connectivity index (χ4v) is 4.36. The number of carbonyl (C=O) groups is 3. The van der Waals surface area contributed by atoms with E-state index in [2.05, 4.69) is 5.32 Å². The highest BCUT2D eigenvalue weighted by Gasteiger charge is 2.25. The average Bonchev–Trinajstić information content (AvgIpc) is 3.08. The van der Waals surface area contributed by atoms with Gasteiger partial charge >= 0.3 is 5.97 Å². The summed E-state index contributed by atoms with van der Waals surface area (Å²) in [7, 11) is 0. The number of aryl methyl sites for hydroxylation is 2. The molecule has 160 valence electrons. The molecule has 0 unspecified atom stereocenters. The number of hydrogen-bond donors (Lipinski definition) is 1. The molecule has 3 rings (SSSR count). The van der Waals surface area contributed by atoms with E-state index in [1.807, 2.05) is 56.3 Å². The molecule has 1 aromatic heterocycles. The van der Waals surface area contributed by atoms with Crippen LogP contribution < -0.4 is 5.32 Å². The summed E-state index contributed by atoms with van der Waals surface area (Å²) >= 11 is 1.33. The van der Waals surface area contributed by atoms with Crippen LogP contribution in [0.3, 0.4) is 0 Å². The van der Waals surface area contributed by atoms with Crippen LogP contribution in [0.15, 0.2) is 54.6 Å². The molecule has 1 N–H and O–H groups in total. The van der Waals surface area contributed by atoms with Gasteiger partial charge in [0.05, 0.1) is 6.61 Å². The van der Waals surface area contributed by atoms with Crippen LogP contribution in [0.2, 0.25) is 0 Å². The Kier molecular flexibility index (Phi) is 7.36. The highest BCUT2D eigenvalue weighted by Crippen LogP contribution is 2.40. The van der Waals surface area contributed by atoms with Gasteiger partial charge in [-0.3, -0.25) is 9.59 Å². The Morgan fingerprint density at radius 3 is 2.26 bits per heavy atom. The molecule has 5 nitrogen and oxygen atoms in total. The number of hydrogen-bond acceptors (Lipinski definition) is 5. The Balaban J connectivity index is 1.78. The summed E-state index contributed by atoms with van der Waals surface area (Å²) in [6, 6.07) is 16.8. The molecule has 3 aromatic rings. The summed E-state index contributed by atoms with van der Waals surface area (Å²) in [5.41, 5.74) is 3.66. The van der Waals surface area contributed by atoms with E-state index in [1.165, 1.54) is 11.3 Å². The van der Waals surface area contributed by atoms with Crippen molar-refractivity contribution in [3.8, 4) is 11.1 Å². The molecular formula is C25H25NO4S. The number of anilines is 1. The Morgan fingerprint density at radius 2 is 1.61 bits per heavy atom. The van der Waals surface area contributed by atoms with E-state index in [0.717, 1.165) is 21.6 Å². The largest absolute Gasteiger partial charge is 0.462 e. The molecular weight excluding hydrogens is 410 g/mol. The number of benzene rings is 2. The minimum atomic E-state index is -0.475. The summed E-state index contributed by atoms with van der Waals surface area (Å²) in [5.74, 6) is -0.878. The molecule has 0 saturated carbocycles. The molecule has 0 fully saturated rings. The van der Waals surface area contributed by atoms with Crippen molar-refractivity contribution < 1.29 is 19.1 Å². The Morgan fingerprint density at radius 1 is 0.935 bits per heavy atom. The summed E-state index contributed by atoms with van der Waals surface area (Å²) in [4.78, 5) is 38.6. The van der Waals surface area contributed by atoms with E-state index in [-0.39, 0.29) is 31.1 Å². The third-order valence-electron chi connectivity index (χ3n) is 4.83. The molecule has 0 saturated heterocycles. The third kappa shape index (κ3) is 5.47. The van der Waals surface area contributed by atoms with Gasteiger partial charge in [0.25, 0.3) is 0 Å². The van der Waals surface area contributed by atoms with E-state index in [9.17, 15) is 14.4 Å². The number of thiophene rings is 1. The highest BCUT2D eigenvalue weighted by molar-refractivity contribution is 7.17. The summed E-state index contributed by atoms with van der Waals surface area (Å²) < 4.78 is 5.25. The van der Waals surface area contributed by atoms with Crippen molar-refractivity contribution in [3.05, 3.63) is 76.2 Å². The van der Waals surface area contributed by atoms with Crippen LogP contribution in [0.4, 0.5) is 5.00 Å². The Labute approximate surface area is 186 Å². The molecule has 0 bridgehead atoms. The lowest BCUT2D eigenvalue weighted by molar-refractivity contribution is -0.116. The second-order valence-electron chi connectivity index (χ2n) is 7.16. The summed E-state index contributed by atoms with van der Waals surface area (Å²) in [6.45, 7) is 5.84. The fourth-order valence-electron chi connectivity index (χ4n) is 3.28. The first kappa shape index (κ1) is 22.4. The molecule has 0 atom stereocenters. The van der Waals surface area contributed by atoms with Crippen LogP contribution in [-0.4, -0.2) is 24.3 Å². The second kappa shape index (κ2) is 10.2. The zero-order chi connectivity index (χ0) is 22.4. The summed E-state index contributed by atoms with van der Waals surface area (Å²) in [5, 5.41) is 3.27. The van der Waals surface area contributed by atoms with Gasteiger partial charge in [0.15, 0.2) is 5.78 Å². The van der Waals surface area contributed by atoms with Crippen molar-refractivity contribution in [1.82, 2.24) is 0 Å². The molecule has 0 spiro atoms. The smallest absolute Gasteiger partial charge is 0.341 e. The maximum absolute atomic E-state index is 12.7. The number of rotatable bonds is 8. The van der Waals surface area contributed by atoms with Crippen molar-refractivity contribution in [3.63, 3.8) is 0 Å². The molecule has 0 radical (unpaired) electrons. The predicted molar refractivity (Wildman–Crippen MR) is 124 cm³/mol. The van der Waals surface area contributed by atoms with Gasteiger partial charge in [-0.15, -0.1) is 11.3 Å². The van der Waals surface area contributed by atoms with Gasteiger partial charge in [-0.05, 0) is 26.3 Å². The molecule has 6 heteroatoms. The topological polar surface area (TPSA) is 72.5 Å². The van der Waals surface area contributed by atoms with E-state index in [4.69, 9.17) is 4.74 Å². The minimum Gasteiger partial charge on any atom is -0.462 e. The van der Waals surface area contributed by atoms with Gasteiger partial charge in [0, 0.05) is 28.8 Å². The van der Waals surface area contributed by atoms with Crippen LogP contribution in [0.5, 0.6) is 0 Å². The number of Topliss-reactive ketones (excluding diaryl/α,β-unsaturated/α-hetero) is 1. The number of esters is 1. The van der Waals surface area contributed by atoms with Gasteiger partial charge in [-0.2, -0.15) is 0 Å². The van der Waals surface area contributed by atoms with Crippen molar-refractivity contribution >= 4 is 34.0 Å². The van der Waals surface area contributed by atoms with Crippen LogP contribution in [0, 0.1) is 13.8 Å². The third-order valence-corrected chi connectivity index (χ3v) is 5.85. The number of ether oxygens (including phenoxy) is 1. The first-order valence-electron chi connectivity index (χ1n) is 10.2. The predicted octanol–water partition coefficient (Wildman–Crippen LogP) is 5.81. The van der Waals surface area contributed by atoms with Gasteiger partial charge in [-0.1, -0.05) is 60.2 Å². The fraction of sp³-hybridized carbons (Fsp3) is 0.240. The van der Waals surface area contributed by atoms with E-state index in [0.29, 0.717) is 16.1 Å². The normalized spacial score (nSPS) is 10.5. The standard InChI is InChI=1S/C25H25NO4S/c1-4-30-25(29)23-22(19-8-6-5-7-9-19)17(3)31-24(23)26-21(28)15-14-20(27)18-12-10-16(2)11-13-18/h5-13H,4,14-15H2,1-3H3,(H,26,28). The minimum absolute atomic E-state index is 0.0343. The SMILES string of the molecule is CCOC(=O)c1c(NC(=O)CCC(=O)c2ccc(C)cc2)sc(C)c1-c1ccccc1. The maximum atomic E-state index is 12.7. The molecule has 0 aliphatic heterocycles. The average molecular weight is 436 g/mol. The van der Waals surface area contributed by atoms with E-state index in [1.54, 1.807) is 19.1 Å². The molecule has 1 heterocycles. The molecule has 1 amide bonds. The molecule has 0 aliphatic carbocycles. The lowest BCUT2D eigenvalue weighted by Crippen LogP contribution is -2.15. The van der Waals surface area contributed by atoms with Crippen molar-refractivity contribution in [2.45, 2.75) is 33.6 Å². The first-order valence-corrected chi connectivity index (χ1v) is 11.0. The van der Waals surface area contributed by atoms with Gasteiger partial charge in [0.1, 0.15) is 10.6 Å².